The van der Waals surface area contributed by atoms with Crippen molar-refractivity contribution in [2.24, 2.45) is 5.92 Å². The van der Waals surface area contributed by atoms with E-state index >= 15 is 0 Å². The molecule has 1 saturated carbocycles. The number of aryl methyl sites for hydroxylation is 1. The first kappa shape index (κ1) is 10.6. The Labute approximate surface area is 91.4 Å². The Morgan fingerprint density at radius 3 is 2.87 bits per heavy atom. The van der Waals surface area contributed by atoms with Gasteiger partial charge in [0.05, 0.1) is 6.10 Å². The van der Waals surface area contributed by atoms with Crippen molar-refractivity contribution in [3.8, 4) is 0 Å². The van der Waals surface area contributed by atoms with Crippen LogP contribution in [-0.4, -0.2) is 16.2 Å². The van der Waals surface area contributed by atoms with Gasteiger partial charge in [0.1, 0.15) is 0 Å². The van der Waals surface area contributed by atoms with Gasteiger partial charge in [-0.25, -0.2) is 0 Å². The van der Waals surface area contributed by atoms with Gasteiger partial charge in [0.15, 0.2) is 0 Å². The summed E-state index contributed by atoms with van der Waals surface area (Å²) in [6.07, 6.45) is 7.43. The number of nitrogens with zero attached hydrogens (tertiary/aromatic N) is 1. The predicted molar refractivity (Wildman–Crippen MR) is 60.6 cm³/mol. The first-order chi connectivity index (χ1) is 7.25. The summed E-state index contributed by atoms with van der Waals surface area (Å²) in [5.74, 6) is 0.526. The van der Waals surface area contributed by atoms with Crippen LogP contribution >= 0.6 is 0 Å². The Bertz CT molecular complexity index is 318. The van der Waals surface area contributed by atoms with Gasteiger partial charge >= 0.3 is 0 Å². The molecule has 0 aromatic carbocycles. The molecule has 1 aromatic heterocycles. The Hall–Kier alpha value is -0.890. The molecule has 2 rings (SSSR count). The third-order valence-electron chi connectivity index (χ3n) is 3.35. The van der Waals surface area contributed by atoms with E-state index in [1.165, 1.54) is 31.2 Å². The molecule has 15 heavy (non-hydrogen) atoms. The second-order valence-corrected chi connectivity index (χ2v) is 4.62. The number of aromatic nitrogens is 1. The van der Waals surface area contributed by atoms with Crippen LogP contribution in [-0.2, 0) is 6.42 Å². The van der Waals surface area contributed by atoms with E-state index < -0.39 is 0 Å². The summed E-state index contributed by atoms with van der Waals surface area (Å²) in [7, 11) is 0. The van der Waals surface area contributed by atoms with Gasteiger partial charge in [0.25, 0.3) is 0 Å². The number of rotatable bonds is 3. The minimum Gasteiger partial charge on any atom is -0.392 e. The van der Waals surface area contributed by atoms with E-state index in [9.17, 15) is 5.11 Å². The summed E-state index contributed by atoms with van der Waals surface area (Å²) in [6, 6.07) is 4.07. The summed E-state index contributed by atoms with van der Waals surface area (Å²) in [4.78, 5) is 4.16. The van der Waals surface area contributed by atoms with Crippen LogP contribution in [0.5, 0.6) is 0 Å². The second-order valence-electron chi connectivity index (χ2n) is 4.62. The molecular weight excluding hydrogens is 186 g/mol. The third kappa shape index (κ3) is 2.78. The van der Waals surface area contributed by atoms with Crippen molar-refractivity contribution in [1.82, 2.24) is 4.98 Å². The maximum absolute atomic E-state index is 10.1. The normalized spacial score (nSPS) is 19.3. The van der Waals surface area contributed by atoms with Gasteiger partial charge in [-0.3, -0.25) is 4.98 Å². The quantitative estimate of drug-likeness (QED) is 0.822. The zero-order valence-corrected chi connectivity index (χ0v) is 9.32. The highest BCUT2D eigenvalue weighted by Gasteiger charge is 2.23. The van der Waals surface area contributed by atoms with E-state index in [2.05, 4.69) is 11.1 Å². The molecule has 2 nitrogen and oxygen atoms in total. The lowest BCUT2D eigenvalue weighted by molar-refractivity contribution is 0.111. The molecule has 1 fully saturated rings. The van der Waals surface area contributed by atoms with Crippen LogP contribution in [0.2, 0.25) is 0 Å². The average molecular weight is 205 g/mol. The first-order valence-corrected chi connectivity index (χ1v) is 5.85. The Morgan fingerprint density at radius 2 is 2.20 bits per heavy atom. The zero-order chi connectivity index (χ0) is 10.7. The van der Waals surface area contributed by atoms with Crippen molar-refractivity contribution in [3.05, 3.63) is 29.6 Å². The third-order valence-corrected chi connectivity index (χ3v) is 3.35. The van der Waals surface area contributed by atoms with Gasteiger partial charge in [0, 0.05) is 11.9 Å². The fraction of sp³-hybridized carbons (Fsp3) is 0.615. The highest BCUT2D eigenvalue weighted by Crippen LogP contribution is 2.29. The lowest BCUT2D eigenvalue weighted by atomic mass is 9.95. The van der Waals surface area contributed by atoms with Gasteiger partial charge in [-0.1, -0.05) is 12.8 Å². The molecule has 1 atom stereocenters. The number of pyridine rings is 1. The second kappa shape index (κ2) is 4.75. The predicted octanol–water partition coefficient (Wildman–Crippen LogP) is 2.48. The smallest absolute Gasteiger partial charge is 0.0608 e. The van der Waals surface area contributed by atoms with Crippen LogP contribution in [0.3, 0.4) is 0 Å². The zero-order valence-electron chi connectivity index (χ0n) is 9.32. The Kier molecular flexibility index (Phi) is 3.37. The fourth-order valence-corrected chi connectivity index (χ4v) is 2.48. The van der Waals surface area contributed by atoms with Crippen LogP contribution in [0.25, 0.3) is 0 Å². The fourth-order valence-electron chi connectivity index (χ4n) is 2.48. The molecule has 1 aromatic rings. The van der Waals surface area contributed by atoms with E-state index in [0.717, 1.165) is 12.1 Å². The largest absolute Gasteiger partial charge is 0.392 e. The SMILES string of the molecule is Cc1cc(CC(O)C2CCCC2)ccn1. The molecule has 1 aliphatic carbocycles. The number of hydrogen-bond acceptors (Lipinski definition) is 2. The van der Waals surface area contributed by atoms with Crippen molar-refractivity contribution < 1.29 is 5.11 Å². The van der Waals surface area contributed by atoms with Crippen LogP contribution < -0.4 is 0 Å². The van der Waals surface area contributed by atoms with Crippen molar-refractivity contribution in [3.63, 3.8) is 0 Å². The molecule has 0 aliphatic heterocycles. The van der Waals surface area contributed by atoms with Crippen LogP contribution in [0, 0.1) is 12.8 Å². The Balaban J connectivity index is 1.95. The van der Waals surface area contributed by atoms with Crippen molar-refractivity contribution in [2.45, 2.75) is 45.1 Å². The van der Waals surface area contributed by atoms with Gasteiger partial charge in [0.2, 0.25) is 0 Å². The summed E-state index contributed by atoms with van der Waals surface area (Å²) >= 11 is 0. The summed E-state index contributed by atoms with van der Waals surface area (Å²) in [6.45, 7) is 1.99. The molecule has 0 radical (unpaired) electrons. The average Bonchev–Trinajstić information content (AvgIpc) is 2.70. The lowest BCUT2D eigenvalue weighted by Crippen LogP contribution is -2.20. The molecular formula is C13H19NO. The monoisotopic (exact) mass is 205 g/mol. The number of aliphatic hydroxyl groups excluding tert-OH is 1. The molecule has 1 N–H and O–H groups in total. The molecule has 2 heteroatoms. The van der Waals surface area contributed by atoms with Crippen molar-refractivity contribution >= 4 is 0 Å². The highest BCUT2D eigenvalue weighted by molar-refractivity contribution is 5.16. The van der Waals surface area contributed by atoms with Gasteiger partial charge in [-0.05, 0) is 49.8 Å². The van der Waals surface area contributed by atoms with E-state index in [-0.39, 0.29) is 6.10 Å². The van der Waals surface area contributed by atoms with Crippen LogP contribution in [0.1, 0.15) is 36.9 Å². The molecule has 1 aliphatic rings. The minimum atomic E-state index is -0.158. The van der Waals surface area contributed by atoms with Gasteiger partial charge in [-0.2, -0.15) is 0 Å². The molecule has 0 bridgehead atoms. The number of hydrogen-bond donors (Lipinski definition) is 1. The summed E-state index contributed by atoms with van der Waals surface area (Å²) in [5.41, 5.74) is 2.24. The summed E-state index contributed by atoms with van der Waals surface area (Å²) < 4.78 is 0. The molecule has 0 spiro atoms. The molecule has 1 heterocycles. The standard InChI is InChI=1S/C13H19NO/c1-10-8-11(6-7-14-10)9-13(15)12-4-2-3-5-12/h6-8,12-13,15H,2-5,9H2,1H3. The van der Waals surface area contributed by atoms with E-state index in [1.54, 1.807) is 0 Å². The van der Waals surface area contributed by atoms with Gasteiger partial charge in [-0.15, -0.1) is 0 Å². The summed E-state index contributed by atoms with van der Waals surface area (Å²) in [5, 5.41) is 10.1. The topological polar surface area (TPSA) is 33.1 Å². The molecule has 82 valence electrons. The minimum absolute atomic E-state index is 0.158. The van der Waals surface area contributed by atoms with E-state index in [0.29, 0.717) is 5.92 Å². The van der Waals surface area contributed by atoms with E-state index in [1.807, 2.05) is 19.2 Å². The Morgan fingerprint density at radius 1 is 1.47 bits per heavy atom. The molecule has 1 unspecified atom stereocenters. The maximum atomic E-state index is 10.1. The number of aliphatic hydroxyl groups is 1. The van der Waals surface area contributed by atoms with E-state index in [4.69, 9.17) is 0 Å². The highest BCUT2D eigenvalue weighted by atomic mass is 16.3. The van der Waals surface area contributed by atoms with Crippen molar-refractivity contribution in [1.29, 1.82) is 0 Å². The molecule has 0 amide bonds. The van der Waals surface area contributed by atoms with Gasteiger partial charge < -0.3 is 5.11 Å². The van der Waals surface area contributed by atoms with Crippen LogP contribution in [0.15, 0.2) is 18.3 Å². The molecule has 0 saturated heterocycles. The first-order valence-electron chi connectivity index (χ1n) is 5.85. The van der Waals surface area contributed by atoms with Crippen molar-refractivity contribution in [2.75, 3.05) is 0 Å². The maximum Gasteiger partial charge on any atom is 0.0608 e. The van der Waals surface area contributed by atoms with Crippen LogP contribution in [0.4, 0.5) is 0 Å². The lowest BCUT2D eigenvalue weighted by Gasteiger charge is -2.17.